The van der Waals surface area contributed by atoms with E-state index in [2.05, 4.69) is 10.3 Å². The van der Waals surface area contributed by atoms with Crippen molar-refractivity contribution in [3.05, 3.63) is 65.6 Å². The molecule has 3 rings (SSSR count). The number of nitrogens with one attached hydrogen (secondary N) is 1. The standard InChI is InChI=1S/C20H17FN2O4/c1-3-27-20(25)16-11-22-17-9-4-12(19(24)26-2)10-15(17)18(16)23-14-7-5-13(21)6-8-14/h4-11H,3H2,1-2H3,(H,22,23). The zero-order valence-electron chi connectivity index (χ0n) is 14.8. The van der Waals surface area contributed by atoms with Gasteiger partial charge in [0.05, 0.1) is 30.5 Å². The molecule has 0 atom stereocenters. The van der Waals surface area contributed by atoms with Gasteiger partial charge in [-0.15, -0.1) is 0 Å². The van der Waals surface area contributed by atoms with E-state index >= 15 is 0 Å². The Kier molecular flexibility index (Phi) is 5.30. The summed E-state index contributed by atoms with van der Waals surface area (Å²) in [5, 5.41) is 3.64. The monoisotopic (exact) mass is 368 g/mol. The minimum absolute atomic E-state index is 0.203. The smallest absolute Gasteiger partial charge is 0.341 e. The van der Waals surface area contributed by atoms with E-state index < -0.39 is 11.9 Å². The van der Waals surface area contributed by atoms with Crippen LogP contribution in [0, 0.1) is 5.82 Å². The third-order valence-electron chi connectivity index (χ3n) is 3.90. The summed E-state index contributed by atoms with van der Waals surface area (Å²) in [6.45, 7) is 1.91. The van der Waals surface area contributed by atoms with Crippen LogP contribution in [0.1, 0.15) is 27.6 Å². The van der Waals surface area contributed by atoms with Crippen LogP contribution < -0.4 is 5.32 Å². The van der Waals surface area contributed by atoms with Gasteiger partial charge in [0, 0.05) is 17.3 Å². The average Bonchev–Trinajstić information content (AvgIpc) is 2.69. The number of benzene rings is 2. The number of fused-ring (bicyclic) bond motifs is 1. The van der Waals surface area contributed by atoms with Crippen molar-refractivity contribution in [3.63, 3.8) is 0 Å². The van der Waals surface area contributed by atoms with Crippen molar-refractivity contribution in [1.82, 2.24) is 4.98 Å². The molecule has 138 valence electrons. The summed E-state index contributed by atoms with van der Waals surface area (Å²) in [5.41, 5.74) is 2.07. The van der Waals surface area contributed by atoms with Gasteiger partial charge in [0.25, 0.3) is 0 Å². The Balaban J connectivity index is 2.19. The Morgan fingerprint density at radius 3 is 2.52 bits per heavy atom. The van der Waals surface area contributed by atoms with Crippen LogP contribution in [0.25, 0.3) is 10.9 Å². The van der Waals surface area contributed by atoms with Crippen LogP contribution in [-0.4, -0.2) is 30.6 Å². The Hall–Kier alpha value is -3.48. The van der Waals surface area contributed by atoms with Crippen LogP contribution >= 0.6 is 0 Å². The number of esters is 2. The highest BCUT2D eigenvalue weighted by Crippen LogP contribution is 2.30. The fourth-order valence-corrected chi connectivity index (χ4v) is 2.61. The van der Waals surface area contributed by atoms with Crippen molar-refractivity contribution < 1.29 is 23.5 Å². The predicted octanol–water partition coefficient (Wildman–Crippen LogP) is 4.08. The number of hydrogen-bond acceptors (Lipinski definition) is 6. The van der Waals surface area contributed by atoms with Gasteiger partial charge in [-0.2, -0.15) is 0 Å². The van der Waals surface area contributed by atoms with Crippen molar-refractivity contribution in [3.8, 4) is 0 Å². The number of ether oxygens (including phenoxy) is 2. The average molecular weight is 368 g/mol. The molecule has 0 saturated carbocycles. The van der Waals surface area contributed by atoms with E-state index in [1.807, 2.05) is 0 Å². The quantitative estimate of drug-likeness (QED) is 0.684. The van der Waals surface area contributed by atoms with Gasteiger partial charge in [0.2, 0.25) is 0 Å². The Morgan fingerprint density at radius 1 is 1.11 bits per heavy atom. The van der Waals surface area contributed by atoms with E-state index in [0.29, 0.717) is 27.8 Å². The molecule has 1 heterocycles. The van der Waals surface area contributed by atoms with Gasteiger partial charge < -0.3 is 14.8 Å². The van der Waals surface area contributed by atoms with E-state index in [1.165, 1.54) is 25.4 Å². The molecule has 6 nitrogen and oxygen atoms in total. The molecule has 0 aliphatic carbocycles. The topological polar surface area (TPSA) is 77.5 Å². The third-order valence-corrected chi connectivity index (χ3v) is 3.90. The SMILES string of the molecule is CCOC(=O)c1cnc2ccc(C(=O)OC)cc2c1Nc1ccc(F)cc1. The molecule has 0 aliphatic heterocycles. The van der Waals surface area contributed by atoms with Crippen molar-refractivity contribution in [2.75, 3.05) is 19.0 Å². The third kappa shape index (κ3) is 3.87. The number of halogens is 1. The largest absolute Gasteiger partial charge is 0.465 e. The Morgan fingerprint density at radius 2 is 1.85 bits per heavy atom. The number of anilines is 2. The second-order valence-electron chi connectivity index (χ2n) is 5.62. The van der Waals surface area contributed by atoms with Gasteiger partial charge in [-0.05, 0) is 49.4 Å². The maximum absolute atomic E-state index is 13.2. The van der Waals surface area contributed by atoms with Crippen molar-refractivity contribution in [2.45, 2.75) is 6.92 Å². The van der Waals surface area contributed by atoms with E-state index in [0.717, 1.165) is 0 Å². The van der Waals surface area contributed by atoms with Gasteiger partial charge in [-0.1, -0.05) is 0 Å². The normalized spacial score (nSPS) is 10.5. The van der Waals surface area contributed by atoms with Gasteiger partial charge in [-0.25, -0.2) is 14.0 Å². The first-order valence-electron chi connectivity index (χ1n) is 8.24. The van der Waals surface area contributed by atoms with E-state index in [1.54, 1.807) is 37.3 Å². The lowest BCUT2D eigenvalue weighted by molar-refractivity contribution is 0.0526. The number of hydrogen-bond donors (Lipinski definition) is 1. The van der Waals surface area contributed by atoms with E-state index in [4.69, 9.17) is 9.47 Å². The number of rotatable bonds is 5. The maximum Gasteiger partial charge on any atom is 0.341 e. The summed E-state index contributed by atoms with van der Waals surface area (Å²) >= 11 is 0. The van der Waals surface area contributed by atoms with Gasteiger partial charge in [0.15, 0.2) is 0 Å². The van der Waals surface area contributed by atoms with Crippen LogP contribution in [0.15, 0.2) is 48.7 Å². The van der Waals surface area contributed by atoms with E-state index in [9.17, 15) is 14.0 Å². The zero-order valence-corrected chi connectivity index (χ0v) is 14.8. The molecule has 0 bridgehead atoms. The minimum atomic E-state index is -0.556. The molecule has 0 radical (unpaired) electrons. The highest BCUT2D eigenvalue weighted by atomic mass is 19.1. The molecular formula is C20H17FN2O4. The number of aromatic nitrogens is 1. The molecule has 0 aliphatic rings. The van der Waals surface area contributed by atoms with Crippen LogP contribution in [0.4, 0.5) is 15.8 Å². The van der Waals surface area contributed by atoms with Gasteiger partial charge in [-0.3, -0.25) is 4.98 Å². The lowest BCUT2D eigenvalue weighted by Gasteiger charge is -2.14. The van der Waals surface area contributed by atoms with Gasteiger partial charge in [0.1, 0.15) is 11.4 Å². The molecule has 2 aromatic carbocycles. The highest BCUT2D eigenvalue weighted by molar-refractivity contribution is 6.07. The summed E-state index contributed by atoms with van der Waals surface area (Å²) in [7, 11) is 1.29. The van der Waals surface area contributed by atoms with Crippen molar-refractivity contribution >= 4 is 34.2 Å². The molecular weight excluding hydrogens is 351 g/mol. The first kappa shape index (κ1) is 18.3. The summed E-state index contributed by atoms with van der Waals surface area (Å²) < 4.78 is 23.1. The van der Waals surface area contributed by atoms with Crippen LogP contribution in [0.5, 0.6) is 0 Å². The number of methoxy groups -OCH3 is 1. The second kappa shape index (κ2) is 7.82. The highest BCUT2D eigenvalue weighted by Gasteiger charge is 2.18. The molecule has 0 amide bonds. The molecule has 0 unspecified atom stereocenters. The second-order valence-corrected chi connectivity index (χ2v) is 5.62. The fraction of sp³-hybridized carbons (Fsp3) is 0.150. The molecule has 0 saturated heterocycles. The molecule has 0 fully saturated rings. The Bertz CT molecular complexity index is 1000. The number of carbonyl (C=O) groups excluding carboxylic acids is 2. The lowest BCUT2D eigenvalue weighted by atomic mass is 10.1. The van der Waals surface area contributed by atoms with Crippen molar-refractivity contribution in [2.24, 2.45) is 0 Å². The van der Waals surface area contributed by atoms with Crippen LogP contribution in [-0.2, 0) is 9.47 Å². The Labute approximate surface area is 154 Å². The van der Waals surface area contributed by atoms with Gasteiger partial charge >= 0.3 is 11.9 Å². The molecule has 1 N–H and O–H groups in total. The maximum atomic E-state index is 13.2. The molecule has 3 aromatic rings. The van der Waals surface area contributed by atoms with Crippen molar-refractivity contribution in [1.29, 1.82) is 0 Å². The van der Waals surface area contributed by atoms with Crippen LogP contribution in [0.3, 0.4) is 0 Å². The predicted molar refractivity (Wildman–Crippen MR) is 98.7 cm³/mol. The van der Waals surface area contributed by atoms with Crippen LogP contribution in [0.2, 0.25) is 0 Å². The molecule has 1 aromatic heterocycles. The summed E-state index contributed by atoms with van der Waals surface area (Å²) in [6, 6.07) is 10.5. The molecule has 27 heavy (non-hydrogen) atoms. The summed E-state index contributed by atoms with van der Waals surface area (Å²) in [6.07, 6.45) is 1.41. The first-order valence-corrected chi connectivity index (χ1v) is 8.24. The molecule has 7 heteroatoms. The number of nitrogens with zero attached hydrogens (tertiary/aromatic N) is 1. The van der Waals surface area contributed by atoms with E-state index in [-0.39, 0.29) is 18.0 Å². The fourth-order valence-electron chi connectivity index (χ4n) is 2.61. The first-order chi connectivity index (χ1) is 13.0. The minimum Gasteiger partial charge on any atom is -0.465 e. The summed E-state index contributed by atoms with van der Waals surface area (Å²) in [5.74, 6) is -1.44. The number of pyridine rings is 1. The molecule has 0 spiro atoms. The summed E-state index contributed by atoms with van der Waals surface area (Å²) in [4.78, 5) is 28.5. The zero-order chi connectivity index (χ0) is 19.4. The lowest BCUT2D eigenvalue weighted by Crippen LogP contribution is -2.10. The number of carbonyl (C=O) groups is 2.